The maximum absolute atomic E-state index is 4.71. The fraction of sp³-hybridized carbons (Fsp3) is 0.769. The van der Waals surface area contributed by atoms with Crippen molar-refractivity contribution in [2.75, 3.05) is 6.54 Å². The highest BCUT2D eigenvalue weighted by Crippen LogP contribution is 2.20. The Hall–Kier alpha value is -0.410. The van der Waals surface area contributed by atoms with E-state index in [1.54, 1.807) is 0 Å². The summed E-state index contributed by atoms with van der Waals surface area (Å²) in [6.45, 7) is 6.87. The second-order valence-corrected chi connectivity index (χ2v) is 5.74. The lowest BCUT2D eigenvalue weighted by Crippen LogP contribution is -2.36. The summed E-state index contributed by atoms with van der Waals surface area (Å²) in [7, 11) is 0. The zero-order chi connectivity index (χ0) is 11.4. The molecule has 0 N–H and O–H groups in total. The molecule has 3 heteroatoms. The zero-order valence-electron chi connectivity index (χ0n) is 10.4. The van der Waals surface area contributed by atoms with E-state index >= 15 is 0 Å². The molecule has 1 atom stereocenters. The second kappa shape index (κ2) is 5.78. The Morgan fingerprint density at radius 1 is 1.50 bits per heavy atom. The highest BCUT2D eigenvalue weighted by atomic mass is 32.1. The maximum atomic E-state index is 4.71. The Morgan fingerprint density at radius 3 is 3.12 bits per heavy atom. The average Bonchev–Trinajstić information content (AvgIpc) is 2.70. The van der Waals surface area contributed by atoms with Crippen molar-refractivity contribution in [3.05, 3.63) is 16.1 Å². The third-order valence-corrected chi connectivity index (χ3v) is 4.33. The predicted octanol–water partition coefficient (Wildman–Crippen LogP) is 3.47. The minimum atomic E-state index is 0.741. The summed E-state index contributed by atoms with van der Waals surface area (Å²) < 4.78 is 0. The van der Waals surface area contributed by atoms with Crippen LogP contribution in [0.15, 0.2) is 5.38 Å². The molecule has 0 spiro atoms. The molecule has 1 saturated heterocycles. The van der Waals surface area contributed by atoms with E-state index in [1.807, 2.05) is 11.3 Å². The Labute approximate surface area is 103 Å². The zero-order valence-corrected chi connectivity index (χ0v) is 11.2. The fourth-order valence-electron chi connectivity index (χ4n) is 2.35. The summed E-state index contributed by atoms with van der Waals surface area (Å²) in [6, 6.07) is 0.741. The van der Waals surface area contributed by atoms with E-state index in [9.17, 15) is 0 Å². The largest absolute Gasteiger partial charge is 0.295 e. The monoisotopic (exact) mass is 238 g/mol. The molecule has 2 nitrogen and oxygen atoms in total. The SMILES string of the molecule is CCCc1nc(CN2CCCC[C@@H]2C)cs1. The van der Waals surface area contributed by atoms with Gasteiger partial charge in [0.1, 0.15) is 0 Å². The Morgan fingerprint density at radius 2 is 2.38 bits per heavy atom. The van der Waals surface area contributed by atoms with E-state index < -0.39 is 0 Å². The molecule has 1 aliphatic rings. The van der Waals surface area contributed by atoms with Gasteiger partial charge in [0.25, 0.3) is 0 Å². The normalized spacial score (nSPS) is 22.5. The van der Waals surface area contributed by atoms with Gasteiger partial charge in [0.05, 0.1) is 10.7 Å². The van der Waals surface area contributed by atoms with E-state index in [2.05, 4.69) is 24.1 Å². The smallest absolute Gasteiger partial charge is 0.0928 e. The Bertz CT molecular complexity index is 321. The van der Waals surface area contributed by atoms with Crippen LogP contribution in [-0.4, -0.2) is 22.5 Å². The lowest BCUT2D eigenvalue weighted by atomic mass is 10.0. The van der Waals surface area contributed by atoms with Crippen LogP contribution in [0.4, 0.5) is 0 Å². The van der Waals surface area contributed by atoms with Crippen LogP contribution in [0.1, 0.15) is 50.2 Å². The summed E-state index contributed by atoms with van der Waals surface area (Å²) >= 11 is 1.83. The van der Waals surface area contributed by atoms with Crippen molar-refractivity contribution >= 4 is 11.3 Å². The highest BCUT2D eigenvalue weighted by molar-refractivity contribution is 7.09. The minimum Gasteiger partial charge on any atom is -0.295 e. The highest BCUT2D eigenvalue weighted by Gasteiger charge is 2.18. The lowest BCUT2D eigenvalue weighted by Gasteiger charge is -2.32. The van der Waals surface area contributed by atoms with Crippen LogP contribution in [-0.2, 0) is 13.0 Å². The molecule has 0 aliphatic carbocycles. The average molecular weight is 238 g/mol. The van der Waals surface area contributed by atoms with Crippen molar-refractivity contribution in [3.63, 3.8) is 0 Å². The number of hydrogen-bond acceptors (Lipinski definition) is 3. The topological polar surface area (TPSA) is 16.1 Å². The second-order valence-electron chi connectivity index (χ2n) is 4.80. The first-order chi connectivity index (χ1) is 7.79. The molecule has 0 bridgehead atoms. The third kappa shape index (κ3) is 3.05. The van der Waals surface area contributed by atoms with Crippen LogP contribution in [0.5, 0.6) is 0 Å². The number of aryl methyl sites for hydroxylation is 1. The Kier molecular flexibility index (Phi) is 4.36. The van der Waals surface area contributed by atoms with E-state index in [-0.39, 0.29) is 0 Å². The molecule has 1 aromatic rings. The van der Waals surface area contributed by atoms with Crippen molar-refractivity contribution in [2.24, 2.45) is 0 Å². The van der Waals surface area contributed by atoms with Gasteiger partial charge in [-0.2, -0.15) is 0 Å². The first kappa shape index (κ1) is 12.1. The van der Waals surface area contributed by atoms with Gasteiger partial charge in [-0.3, -0.25) is 4.90 Å². The molecular formula is C13H22N2S. The van der Waals surface area contributed by atoms with E-state index in [1.165, 1.54) is 42.9 Å². The first-order valence-corrected chi connectivity index (χ1v) is 7.35. The van der Waals surface area contributed by atoms with Crippen LogP contribution < -0.4 is 0 Å². The van der Waals surface area contributed by atoms with Crippen molar-refractivity contribution < 1.29 is 0 Å². The quantitative estimate of drug-likeness (QED) is 0.798. The number of nitrogens with zero attached hydrogens (tertiary/aromatic N) is 2. The summed E-state index contributed by atoms with van der Waals surface area (Å²) in [6.07, 6.45) is 6.45. The van der Waals surface area contributed by atoms with Crippen LogP contribution >= 0.6 is 11.3 Å². The standard InChI is InChI=1S/C13H22N2S/c1-3-6-13-14-12(10-16-13)9-15-8-5-4-7-11(15)2/h10-11H,3-9H2,1-2H3/t11-/m0/s1. The number of likely N-dealkylation sites (tertiary alicyclic amines) is 1. The van der Waals surface area contributed by atoms with E-state index in [0.717, 1.165) is 19.0 Å². The third-order valence-electron chi connectivity index (χ3n) is 3.37. The summed E-state index contributed by atoms with van der Waals surface area (Å²) in [4.78, 5) is 7.28. The lowest BCUT2D eigenvalue weighted by molar-refractivity contribution is 0.151. The molecule has 2 heterocycles. The van der Waals surface area contributed by atoms with Crippen molar-refractivity contribution in [3.8, 4) is 0 Å². The number of thiazole rings is 1. The van der Waals surface area contributed by atoms with Crippen LogP contribution in [0.25, 0.3) is 0 Å². The molecule has 1 aromatic heterocycles. The first-order valence-electron chi connectivity index (χ1n) is 6.47. The predicted molar refractivity (Wildman–Crippen MR) is 69.8 cm³/mol. The number of aromatic nitrogens is 1. The van der Waals surface area contributed by atoms with Gasteiger partial charge >= 0.3 is 0 Å². The van der Waals surface area contributed by atoms with Gasteiger partial charge in [0, 0.05) is 18.0 Å². The maximum Gasteiger partial charge on any atom is 0.0928 e. The van der Waals surface area contributed by atoms with Crippen molar-refractivity contribution in [1.82, 2.24) is 9.88 Å². The van der Waals surface area contributed by atoms with Crippen LogP contribution in [0, 0.1) is 0 Å². The molecular weight excluding hydrogens is 216 g/mol. The van der Waals surface area contributed by atoms with Gasteiger partial charge < -0.3 is 0 Å². The molecule has 1 aliphatic heterocycles. The molecule has 0 radical (unpaired) electrons. The number of hydrogen-bond donors (Lipinski definition) is 0. The van der Waals surface area contributed by atoms with E-state index in [4.69, 9.17) is 4.98 Å². The van der Waals surface area contributed by atoms with Gasteiger partial charge in [-0.1, -0.05) is 13.3 Å². The van der Waals surface area contributed by atoms with Gasteiger partial charge in [-0.05, 0) is 39.2 Å². The van der Waals surface area contributed by atoms with Crippen molar-refractivity contribution in [1.29, 1.82) is 0 Å². The molecule has 0 unspecified atom stereocenters. The summed E-state index contributed by atoms with van der Waals surface area (Å²) in [5.74, 6) is 0. The number of piperidine rings is 1. The van der Waals surface area contributed by atoms with Gasteiger partial charge in [-0.15, -0.1) is 11.3 Å². The molecule has 0 aromatic carbocycles. The molecule has 1 fully saturated rings. The molecule has 2 rings (SSSR count). The number of rotatable bonds is 4. The fourth-order valence-corrected chi connectivity index (χ4v) is 3.24. The summed E-state index contributed by atoms with van der Waals surface area (Å²) in [5, 5.41) is 3.55. The van der Waals surface area contributed by atoms with Gasteiger partial charge in [0.2, 0.25) is 0 Å². The molecule has 0 amide bonds. The molecule has 16 heavy (non-hydrogen) atoms. The van der Waals surface area contributed by atoms with Gasteiger partial charge in [0.15, 0.2) is 0 Å². The Balaban J connectivity index is 1.91. The van der Waals surface area contributed by atoms with Crippen LogP contribution in [0.3, 0.4) is 0 Å². The molecule has 0 saturated carbocycles. The van der Waals surface area contributed by atoms with Gasteiger partial charge in [-0.25, -0.2) is 4.98 Å². The van der Waals surface area contributed by atoms with Crippen molar-refractivity contribution in [2.45, 2.75) is 58.5 Å². The van der Waals surface area contributed by atoms with Crippen LogP contribution in [0.2, 0.25) is 0 Å². The minimum absolute atomic E-state index is 0.741. The van der Waals surface area contributed by atoms with E-state index in [0.29, 0.717) is 0 Å². The summed E-state index contributed by atoms with van der Waals surface area (Å²) in [5.41, 5.74) is 1.28. The molecule has 90 valence electrons.